The molecule has 3 aromatic carbocycles. The Labute approximate surface area is 179 Å². The molecule has 7 heteroatoms. The number of ether oxygens (including phenoxy) is 3. The molecule has 158 valence electrons. The first-order valence-corrected chi connectivity index (χ1v) is 9.41. The van der Waals surface area contributed by atoms with Crippen molar-refractivity contribution in [3.63, 3.8) is 0 Å². The third-order valence-corrected chi connectivity index (χ3v) is 4.46. The molecule has 0 bridgehead atoms. The minimum atomic E-state index is -0.698. The summed E-state index contributed by atoms with van der Waals surface area (Å²) in [6.07, 6.45) is 0. The van der Waals surface area contributed by atoms with Gasteiger partial charge < -0.3 is 19.5 Å². The van der Waals surface area contributed by atoms with Crippen LogP contribution >= 0.6 is 0 Å². The van der Waals surface area contributed by atoms with E-state index in [9.17, 15) is 14.4 Å². The van der Waals surface area contributed by atoms with Crippen LogP contribution in [0.15, 0.2) is 72.8 Å². The lowest BCUT2D eigenvalue weighted by molar-refractivity contribution is 0.0471. The van der Waals surface area contributed by atoms with Gasteiger partial charge in [0.05, 0.1) is 14.2 Å². The number of anilines is 1. The molecule has 0 radical (unpaired) electrons. The molecule has 0 fully saturated rings. The van der Waals surface area contributed by atoms with Crippen LogP contribution < -0.4 is 14.8 Å². The Balaban J connectivity index is 1.60. The first kappa shape index (κ1) is 21.6. The van der Waals surface area contributed by atoms with Gasteiger partial charge >= 0.3 is 5.97 Å². The molecule has 7 nitrogen and oxygen atoms in total. The quantitative estimate of drug-likeness (QED) is 0.438. The van der Waals surface area contributed by atoms with Gasteiger partial charge in [0.15, 0.2) is 23.9 Å². The van der Waals surface area contributed by atoms with E-state index in [0.29, 0.717) is 22.6 Å². The molecule has 0 saturated carbocycles. The fourth-order valence-corrected chi connectivity index (χ4v) is 2.87. The molecule has 0 atom stereocenters. The lowest BCUT2D eigenvalue weighted by atomic mass is 10.1. The number of carbonyl (C=O) groups is 3. The normalized spacial score (nSPS) is 10.1. The average Bonchev–Trinajstić information content (AvgIpc) is 2.82. The molecule has 3 rings (SSSR count). The summed E-state index contributed by atoms with van der Waals surface area (Å²) in [6, 6.07) is 19.9. The van der Waals surface area contributed by atoms with Crippen molar-refractivity contribution in [2.24, 2.45) is 0 Å². The second-order valence-electron chi connectivity index (χ2n) is 6.44. The lowest BCUT2D eigenvalue weighted by Crippen LogP contribution is -2.15. The smallest absolute Gasteiger partial charge is 0.342 e. The molecular formula is C24H21NO6. The van der Waals surface area contributed by atoms with E-state index in [1.165, 1.54) is 20.3 Å². The first-order chi connectivity index (χ1) is 15.0. The summed E-state index contributed by atoms with van der Waals surface area (Å²) in [6.45, 7) is -0.436. The van der Waals surface area contributed by atoms with Crippen LogP contribution in [-0.4, -0.2) is 38.5 Å². The van der Waals surface area contributed by atoms with Gasteiger partial charge in [-0.05, 0) is 48.5 Å². The van der Waals surface area contributed by atoms with Crippen LogP contribution in [0.3, 0.4) is 0 Å². The maximum absolute atomic E-state index is 12.4. The molecule has 0 aliphatic carbocycles. The van der Waals surface area contributed by atoms with Crippen LogP contribution in [0.25, 0.3) is 0 Å². The number of Topliss-reactive ketones (excluding diaryl/α,β-unsaturated/α-hetero) is 1. The molecule has 0 heterocycles. The summed E-state index contributed by atoms with van der Waals surface area (Å²) in [4.78, 5) is 37.0. The number of benzene rings is 3. The molecule has 0 aromatic heterocycles. The molecule has 0 unspecified atom stereocenters. The van der Waals surface area contributed by atoms with E-state index in [2.05, 4.69) is 5.32 Å². The van der Waals surface area contributed by atoms with Gasteiger partial charge in [-0.15, -0.1) is 0 Å². The number of nitrogens with one attached hydrogen (secondary N) is 1. The van der Waals surface area contributed by atoms with E-state index >= 15 is 0 Å². The van der Waals surface area contributed by atoms with Crippen LogP contribution in [0.5, 0.6) is 11.5 Å². The van der Waals surface area contributed by atoms with E-state index in [1.807, 2.05) is 6.07 Å². The van der Waals surface area contributed by atoms with Gasteiger partial charge in [0.1, 0.15) is 5.56 Å². The van der Waals surface area contributed by atoms with Gasteiger partial charge in [-0.25, -0.2) is 4.79 Å². The number of amides is 1. The van der Waals surface area contributed by atoms with Gasteiger partial charge in [-0.2, -0.15) is 0 Å². The topological polar surface area (TPSA) is 90.9 Å². The SMILES string of the molecule is COc1cccc(C(=O)OCC(=O)c2ccc(NC(=O)c3ccccc3)cc2)c1OC. The first-order valence-electron chi connectivity index (χ1n) is 9.41. The minimum absolute atomic E-state index is 0.161. The Morgan fingerprint density at radius 3 is 2.13 bits per heavy atom. The number of rotatable bonds is 8. The van der Waals surface area contributed by atoms with Crippen molar-refractivity contribution in [3.05, 3.63) is 89.5 Å². The number of para-hydroxylation sites is 1. The second kappa shape index (κ2) is 10.1. The minimum Gasteiger partial charge on any atom is -0.493 e. The van der Waals surface area contributed by atoms with Crippen LogP contribution in [0.1, 0.15) is 31.1 Å². The maximum atomic E-state index is 12.4. The fraction of sp³-hybridized carbons (Fsp3) is 0.125. The van der Waals surface area contributed by atoms with E-state index in [4.69, 9.17) is 14.2 Å². The van der Waals surface area contributed by atoms with Gasteiger partial charge in [-0.1, -0.05) is 24.3 Å². The molecule has 1 amide bonds. The number of esters is 1. The van der Waals surface area contributed by atoms with Crippen LogP contribution in [0.4, 0.5) is 5.69 Å². The lowest BCUT2D eigenvalue weighted by Gasteiger charge is -2.12. The molecule has 0 aliphatic rings. The number of methoxy groups -OCH3 is 2. The van der Waals surface area contributed by atoms with Gasteiger partial charge in [0.25, 0.3) is 5.91 Å². The highest BCUT2D eigenvalue weighted by molar-refractivity contribution is 6.05. The Bertz CT molecular complexity index is 1080. The van der Waals surface area contributed by atoms with Gasteiger partial charge in [0, 0.05) is 16.8 Å². The predicted molar refractivity (Wildman–Crippen MR) is 115 cm³/mol. The summed E-state index contributed by atoms with van der Waals surface area (Å²) >= 11 is 0. The fourth-order valence-electron chi connectivity index (χ4n) is 2.87. The number of ketones is 1. The van der Waals surface area contributed by atoms with Crippen molar-refractivity contribution in [3.8, 4) is 11.5 Å². The molecule has 1 N–H and O–H groups in total. The van der Waals surface area contributed by atoms with E-state index < -0.39 is 12.6 Å². The van der Waals surface area contributed by atoms with Crippen molar-refractivity contribution in [1.29, 1.82) is 0 Å². The summed E-state index contributed by atoms with van der Waals surface area (Å²) < 4.78 is 15.5. The highest BCUT2D eigenvalue weighted by Gasteiger charge is 2.19. The largest absolute Gasteiger partial charge is 0.493 e. The number of carbonyl (C=O) groups excluding carboxylic acids is 3. The van der Waals surface area contributed by atoms with E-state index in [1.54, 1.807) is 60.7 Å². The molecular weight excluding hydrogens is 398 g/mol. The zero-order valence-corrected chi connectivity index (χ0v) is 17.1. The zero-order chi connectivity index (χ0) is 22.2. The molecule has 0 saturated heterocycles. The predicted octanol–water partition coefficient (Wildman–Crippen LogP) is 4.00. The number of hydrogen-bond acceptors (Lipinski definition) is 6. The summed E-state index contributed by atoms with van der Waals surface area (Å²) in [5, 5.41) is 2.76. The summed E-state index contributed by atoms with van der Waals surface area (Å²) in [5.74, 6) is -0.704. The highest BCUT2D eigenvalue weighted by Crippen LogP contribution is 2.31. The maximum Gasteiger partial charge on any atom is 0.342 e. The second-order valence-corrected chi connectivity index (χ2v) is 6.44. The molecule has 0 spiro atoms. The Kier molecular flexibility index (Phi) is 7.01. The van der Waals surface area contributed by atoms with Crippen molar-refractivity contribution < 1.29 is 28.6 Å². The third kappa shape index (κ3) is 5.27. The molecule has 3 aromatic rings. The van der Waals surface area contributed by atoms with E-state index in [0.717, 1.165) is 0 Å². The van der Waals surface area contributed by atoms with Crippen molar-refractivity contribution in [1.82, 2.24) is 0 Å². The number of hydrogen-bond donors (Lipinski definition) is 1. The Hall–Kier alpha value is -4.13. The molecule has 0 aliphatic heterocycles. The summed E-state index contributed by atoms with van der Waals surface area (Å²) in [7, 11) is 2.88. The van der Waals surface area contributed by atoms with Crippen molar-refractivity contribution in [2.45, 2.75) is 0 Å². The van der Waals surface area contributed by atoms with E-state index in [-0.39, 0.29) is 23.0 Å². The van der Waals surface area contributed by atoms with Crippen LogP contribution in [0.2, 0.25) is 0 Å². The van der Waals surface area contributed by atoms with Crippen molar-refractivity contribution in [2.75, 3.05) is 26.1 Å². The monoisotopic (exact) mass is 419 g/mol. The Morgan fingerprint density at radius 2 is 1.48 bits per heavy atom. The highest BCUT2D eigenvalue weighted by atomic mass is 16.5. The standard InChI is InChI=1S/C24H21NO6/c1-29-21-10-6-9-19(22(21)30-2)24(28)31-15-20(26)16-11-13-18(14-12-16)25-23(27)17-7-4-3-5-8-17/h3-14H,15H2,1-2H3,(H,25,27). The van der Waals surface area contributed by atoms with Crippen molar-refractivity contribution >= 4 is 23.3 Å². The van der Waals surface area contributed by atoms with Gasteiger partial charge in [0.2, 0.25) is 0 Å². The average molecular weight is 419 g/mol. The zero-order valence-electron chi connectivity index (χ0n) is 17.1. The van der Waals surface area contributed by atoms with Crippen LogP contribution in [-0.2, 0) is 4.74 Å². The van der Waals surface area contributed by atoms with Crippen LogP contribution in [0, 0.1) is 0 Å². The Morgan fingerprint density at radius 1 is 0.774 bits per heavy atom. The van der Waals surface area contributed by atoms with Gasteiger partial charge in [-0.3, -0.25) is 9.59 Å². The third-order valence-electron chi connectivity index (χ3n) is 4.46. The summed E-state index contributed by atoms with van der Waals surface area (Å²) in [5.41, 5.74) is 1.59. The molecule has 31 heavy (non-hydrogen) atoms.